The number of thioether (sulfide) groups is 1. The van der Waals surface area contributed by atoms with E-state index < -0.39 is 0 Å². The Morgan fingerprint density at radius 2 is 1.94 bits per heavy atom. The monoisotopic (exact) mass is 260 g/mol. The molecule has 94 valence electrons. The van der Waals surface area contributed by atoms with E-state index in [-0.39, 0.29) is 0 Å². The third-order valence-corrected chi connectivity index (χ3v) is 3.13. The molecule has 0 saturated carbocycles. The molecule has 0 saturated heterocycles. The first-order chi connectivity index (χ1) is 8.81. The molecule has 0 unspecified atom stereocenters. The highest BCUT2D eigenvalue weighted by atomic mass is 32.2. The zero-order valence-corrected chi connectivity index (χ0v) is 11.3. The number of hydrogen-bond acceptors (Lipinski definition) is 4. The van der Waals surface area contributed by atoms with E-state index in [0.717, 1.165) is 23.7 Å². The van der Waals surface area contributed by atoms with Crippen molar-refractivity contribution >= 4 is 17.4 Å². The number of ether oxygens (including phenoxy) is 1. The first-order valence-electron chi connectivity index (χ1n) is 5.82. The lowest BCUT2D eigenvalue weighted by atomic mass is 10.3. The maximum atomic E-state index is 5.75. The maximum absolute atomic E-state index is 5.75. The van der Waals surface area contributed by atoms with E-state index in [1.54, 1.807) is 24.2 Å². The topological polar surface area (TPSA) is 34.2 Å². The fraction of sp³-hybridized carbons (Fsp3) is 0.214. The van der Waals surface area contributed by atoms with Crippen molar-refractivity contribution < 1.29 is 4.74 Å². The molecule has 1 aromatic heterocycles. The number of rotatable bonds is 5. The standard InChI is InChI=1S/C14H16N2OS/c1-3-16-11-8-13(10-15-9-11)17-12-4-6-14(18-2)7-5-12/h4-10,16H,3H2,1-2H3. The van der Waals surface area contributed by atoms with Gasteiger partial charge in [-0.3, -0.25) is 4.98 Å². The second-order valence-corrected chi connectivity index (χ2v) is 4.60. The third kappa shape index (κ3) is 3.40. The highest BCUT2D eigenvalue weighted by Crippen LogP contribution is 2.25. The number of anilines is 1. The van der Waals surface area contributed by atoms with Crippen LogP contribution in [-0.4, -0.2) is 17.8 Å². The molecule has 0 radical (unpaired) electrons. The average molecular weight is 260 g/mol. The Hall–Kier alpha value is -1.68. The quantitative estimate of drug-likeness (QED) is 0.823. The molecular weight excluding hydrogens is 244 g/mol. The zero-order chi connectivity index (χ0) is 12.8. The summed E-state index contributed by atoms with van der Waals surface area (Å²) in [5, 5.41) is 3.21. The largest absolute Gasteiger partial charge is 0.456 e. The van der Waals surface area contributed by atoms with E-state index in [0.29, 0.717) is 0 Å². The summed E-state index contributed by atoms with van der Waals surface area (Å²) in [6.07, 6.45) is 5.55. The van der Waals surface area contributed by atoms with Crippen LogP contribution >= 0.6 is 11.8 Å². The smallest absolute Gasteiger partial charge is 0.147 e. The number of hydrogen-bond donors (Lipinski definition) is 1. The van der Waals surface area contributed by atoms with Gasteiger partial charge in [0.25, 0.3) is 0 Å². The molecule has 2 rings (SSSR count). The highest BCUT2D eigenvalue weighted by molar-refractivity contribution is 7.98. The van der Waals surface area contributed by atoms with Crippen molar-refractivity contribution in [1.29, 1.82) is 0 Å². The predicted molar refractivity (Wildman–Crippen MR) is 76.7 cm³/mol. The van der Waals surface area contributed by atoms with E-state index in [9.17, 15) is 0 Å². The van der Waals surface area contributed by atoms with Gasteiger partial charge >= 0.3 is 0 Å². The van der Waals surface area contributed by atoms with E-state index in [1.807, 2.05) is 30.3 Å². The van der Waals surface area contributed by atoms with Crippen LogP contribution in [0.5, 0.6) is 11.5 Å². The van der Waals surface area contributed by atoms with Crippen LogP contribution in [0.4, 0.5) is 5.69 Å². The van der Waals surface area contributed by atoms with E-state index >= 15 is 0 Å². The van der Waals surface area contributed by atoms with Gasteiger partial charge in [-0.2, -0.15) is 0 Å². The number of aromatic nitrogens is 1. The van der Waals surface area contributed by atoms with Crippen molar-refractivity contribution in [2.45, 2.75) is 11.8 Å². The number of nitrogens with one attached hydrogen (secondary N) is 1. The van der Waals surface area contributed by atoms with Crippen LogP contribution in [-0.2, 0) is 0 Å². The molecule has 0 fully saturated rings. The predicted octanol–water partition coefficient (Wildman–Crippen LogP) is 4.03. The maximum Gasteiger partial charge on any atom is 0.147 e. The Bertz CT molecular complexity index is 499. The van der Waals surface area contributed by atoms with Crippen molar-refractivity contribution in [3.8, 4) is 11.5 Å². The van der Waals surface area contributed by atoms with Gasteiger partial charge < -0.3 is 10.1 Å². The van der Waals surface area contributed by atoms with E-state index in [4.69, 9.17) is 4.74 Å². The molecule has 0 amide bonds. The Kier molecular flexibility index (Phi) is 4.47. The molecule has 1 heterocycles. The van der Waals surface area contributed by atoms with Crippen molar-refractivity contribution in [3.05, 3.63) is 42.7 Å². The summed E-state index contributed by atoms with van der Waals surface area (Å²) in [5.41, 5.74) is 0.968. The van der Waals surface area contributed by atoms with Gasteiger partial charge in [0, 0.05) is 17.5 Å². The lowest BCUT2D eigenvalue weighted by Crippen LogP contribution is -1.97. The van der Waals surface area contributed by atoms with Crippen LogP contribution in [0.3, 0.4) is 0 Å². The second kappa shape index (κ2) is 6.31. The highest BCUT2D eigenvalue weighted by Gasteiger charge is 1.99. The molecule has 0 atom stereocenters. The fourth-order valence-electron chi connectivity index (χ4n) is 1.56. The summed E-state index contributed by atoms with van der Waals surface area (Å²) >= 11 is 1.71. The molecule has 2 aromatic rings. The van der Waals surface area contributed by atoms with Crippen LogP contribution in [0.2, 0.25) is 0 Å². The summed E-state index contributed by atoms with van der Waals surface area (Å²) in [7, 11) is 0. The van der Waals surface area contributed by atoms with E-state index in [2.05, 4.69) is 23.5 Å². The van der Waals surface area contributed by atoms with Crippen molar-refractivity contribution in [3.63, 3.8) is 0 Å². The molecule has 3 nitrogen and oxygen atoms in total. The second-order valence-electron chi connectivity index (χ2n) is 3.72. The first kappa shape index (κ1) is 12.8. The Labute approximate surface area is 112 Å². The van der Waals surface area contributed by atoms with Crippen molar-refractivity contribution in [2.75, 3.05) is 18.1 Å². The fourth-order valence-corrected chi connectivity index (χ4v) is 1.96. The van der Waals surface area contributed by atoms with Gasteiger partial charge in [0.2, 0.25) is 0 Å². The molecule has 0 bridgehead atoms. The Morgan fingerprint density at radius 1 is 1.17 bits per heavy atom. The molecule has 1 N–H and O–H groups in total. The van der Waals surface area contributed by atoms with Gasteiger partial charge in [-0.25, -0.2) is 0 Å². The molecule has 4 heteroatoms. The van der Waals surface area contributed by atoms with Crippen LogP contribution in [0.25, 0.3) is 0 Å². The minimum Gasteiger partial charge on any atom is -0.456 e. The van der Waals surface area contributed by atoms with Crippen LogP contribution in [0.1, 0.15) is 6.92 Å². The van der Waals surface area contributed by atoms with Crippen molar-refractivity contribution in [1.82, 2.24) is 4.98 Å². The van der Waals surface area contributed by atoms with Gasteiger partial charge in [-0.15, -0.1) is 11.8 Å². The van der Waals surface area contributed by atoms with Gasteiger partial charge in [0.1, 0.15) is 11.5 Å². The molecule has 1 aromatic carbocycles. The zero-order valence-electron chi connectivity index (χ0n) is 10.5. The lowest BCUT2D eigenvalue weighted by Gasteiger charge is -2.08. The Balaban J connectivity index is 2.09. The first-order valence-corrected chi connectivity index (χ1v) is 7.05. The van der Waals surface area contributed by atoms with E-state index in [1.165, 1.54) is 4.90 Å². The van der Waals surface area contributed by atoms with Gasteiger partial charge in [0.05, 0.1) is 18.1 Å². The summed E-state index contributed by atoms with van der Waals surface area (Å²) in [6.45, 7) is 2.92. The summed E-state index contributed by atoms with van der Waals surface area (Å²) < 4.78 is 5.75. The van der Waals surface area contributed by atoms with Gasteiger partial charge in [0.15, 0.2) is 0 Å². The molecule has 0 aliphatic rings. The summed E-state index contributed by atoms with van der Waals surface area (Å²) in [4.78, 5) is 5.37. The third-order valence-electron chi connectivity index (χ3n) is 2.39. The van der Waals surface area contributed by atoms with Gasteiger partial charge in [-0.05, 0) is 37.4 Å². The molecule has 0 aliphatic heterocycles. The summed E-state index contributed by atoms with van der Waals surface area (Å²) in [5.74, 6) is 1.56. The number of pyridine rings is 1. The minimum atomic E-state index is 0.741. The molecule has 0 aliphatic carbocycles. The normalized spacial score (nSPS) is 10.1. The van der Waals surface area contributed by atoms with Crippen LogP contribution in [0, 0.1) is 0 Å². The Morgan fingerprint density at radius 3 is 2.61 bits per heavy atom. The molecular formula is C14H16N2OS. The minimum absolute atomic E-state index is 0.741. The SMILES string of the molecule is CCNc1cncc(Oc2ccc(SC)cc2)c1. The number of benzene rings is 1. The van der Waals surface area contributed by atoms with Crippen molar-refractivity contribution in [2.24, 2.45) is 0 Å². The lowest BCUT2D eigenvalue weighted by molar-refractivity contribution is 0.480. The molecule has 18 heavy (non-hydrogen) atoms. The van der Waals surface area contributed by atoms with Gasteiger partial charge in [-0.1, -0.05) is 0 Å². The van der Waals surface area contributed by atoms with Crippen LogP contribution < -0.4 is 10.1 Å². The number of nitrogens with zero attached hydrogens (tertiary/aromatic N) is 1. The molecule has 0 spiro atoms. The summed E-state index contributed by atoms with van der Waals surface area (Å²) in [6, 6.07) is 9.96. The average Bonchev–Trinajstić information content (AvgIpc) is 2.40. The van der Waals surface area contributed by atoms with Crippen LogP contribution in [0.15, 0.2) is 47.6 Å².